The van der Waals surface area contributed by atoms with Crippen molar-refractivity contribution < 1.29 is 0 Å². The number of pyridine rings is 1. The number of hydrogen-bond donors (Lipinski definition) is 2. The Morgan fingerprint density at radius 2 is 1.88 bits per heavy atom. The Morgan fingerprint density at radius 1 is 1.24 bits per heavy atom. The molecule has 0 fully saturated rings. The van der Waals surface area contributed by atoms with Crippen molar-refractivity contribution in [2.24, 2.45) is 0 Å². The molecule has 0 aliphatic heterocycles. The molecule has 0 saturated carbocycles. The molecule has 0 aromatic carbocycles. The second kappa shape index (κ2) is 5.50. The zero-order valence-corrected chi connectivity index (χ0v) is 11.9. The van der Waals surface area contributed by atoms with Crippen LogP contribution < -0.4 is 10.6 Å². The Hall–Kier alpha value is -1.09. The van der Waals surface area contributed by atoms with Gasteiger partial charge in [-0.2, -0.15) is 0 Å². The molecule has 1 aromatic rings. The molecule has 2 N–H and O–H groups in total. The highest BCUT2D eigenvalue weighted by Gasteiger charge is 2.11. The molecule has 96 valence electrons. The van der Waals surface area contributed by atoms with E-state index >= 15 is 0 Å². The topological polar surface area (TPSA) is 37.0 Å². The van der Waals surface area contributed by atoms with Gasteiger partial charge in [-0.1, -0.05) is 13.8 Å². The fourth-order valence-corrected chi connectivity index (χ4v) is 1.61. The van der Waals surface area contributed by atoms with Gasteiger partial charge in [0.1, 0.15) is 5.82 Å². The van der Waals surface area contributed by atoms with Crippen LogP contribution in [-0.4, -0.2) is 16.6 Å². The lowest BCUT2D eigenvalue weighted by Crippen LogP contribution is -2.27. The van der Waals surface area contributed by atoms with Crippen LogP contribution in [0.15, 0.2) is 12.1 Å². The minimum absolute atomic E-state index is 0.0452. The normalized spacial score (nSPS) is 11.9. The lowest BCUT2D eigenvalue weighted by atomic mass is 10.1. The van der Waals surface area contributed by atoms with Crippen molar-refractivity contribution in [3.63, 3.8) is 0 Å². The van der Waals surface area contributed by atoms with Crippen LogP contribution >= 0.6 is 0 Å². The van der Waals surface area contributed by atoms with Gasteiger partial charge < -0.3 is 10.6 Å². The Kier molecular flexibility index (Phi) is 4.52. The minimum atomic E-state index is 0.0452. The van der Waals surface area contributed by atoms with Crippen molar-refractivity contribution in [1.82, 2.24) is 10.3 Å². The van der Waals surface area contributed by atoms with Crippen LogP contribution in [0.2, 0.25) is 0 Å². The molecule has 0 unspecified atom stereocenters. The van der Waals surface area contributed by atoms with Crippen LogP contribution in [-0.2, 0) is 6.54 Å². The first-order valence-electron chi connectivity index (χ1n) is 6.25. The summed E-state index contributed by atoms with van der Waals surface area (Å²) in [5.41, 5.74) is 2.38. The highest BCUT2D eigenvalue weighted by Crippen LogP contribution is 2.15. The summed E-state index contributed by atoms with van der Waals surface area (Å²) in [5, 5.41) is 6.83. The summed E-state index contributed by atoms with van der Waals surface area (Å²) >= 11 is 0. The SMILES string of the molecule is Cc1cc(CNC(C)C)cc(NC(C)(C)C)n1. The average molecular weight is 235 g/mol. The standard InChI is InChI=1S/C14H25N3/c1-10(2)15-9-12-7-11(3)16-13(8-12)17-14(4,5)6/h7-8,10,15H,9H2,1-6H3,(H,16,17). The predicted molar refractivity (Wildman–Crippen MR) is 74.3 cm³/mol. The second-order valence-corrected chi connectivity index (χ2v) is 5.91. The first-order valence-corrected chi connectivity index (χ1v) is 6.25. The van der Waals surface area contributed by atoms with E-state index in [1.807, 2.05) is 6.92 Å². The number of anilines is 1. The monoisotopic (exact) mass is 235 g/mol. The lowest BCUT2D eigenvalue weighted by Gasteiger charge is -2.22. The maximum Gasteiger partial charge on any atom is 0.126 e. The number of aromatic nitrogens is 1. The van der Waals surface area contributed by atoms with Crippen molar-refractivity contribution in [2.75, 3.05) is 5.32 Å². The number of nitrogens with zero attached hydrogens (tertiary/aromatic N) is 1. The van der Waals surface area contributed by atoms with E-state index < -0.39 is 0 Å². The molecule has 0 radical (unpaired) electrons. The zero-order valence-electron chi connectivity index (χ0n) is 11.9. The molecule has 17 heavy (non-hydrogen) atoms. The van der Waals surface area contributed by atoms with E-state index in [1.165, 1.54) is 5.56 Å². The minimum Gasteiger partial charge on any atom is -0.365 e. The summed E-state index contributed by atoms with van der Waals surface area (Å²) in [4.78, 5) is 4.51. The maximum atomic E-state index is 4.51. The highest BCUT2D eigenvalue weighted by molar-refractivity contribution is 5.41. The van der Waals surface area contributed by atoms with E-state index in [9.17, 15) is 0 Å². The lowest BCUT2D eigenvalue weighted by molar-refractivity contribution is 0.587. The van der Waals surface area contributed by atoms with Crippen LogP contribution in [0.5, 0.6) is 0 Å². The summed E-state index contributed by atoms with van der Waals surface area (Å²) in [6, 6.07) is 4.75. The maximum absolute atomic E-state index is 4.51. The van der Waals surface area contributed by atoms with E-state index in [0.717, 1.165) is 18.1 Å². The van der Waals surface area contributed by atoms with Gasteiger partial charge >= 0.3 is 0 Å². The number of hydrogen-bond acceptors (Lipinski definition) is 3. The van der Waals surface area contributed by atoms with Gasteiger partial charge in [-0.15, -0.1) is 0 Å². The van der Waals surface area contributed by atoms with Gasteiger partial charge in [-0.25, -0.2) is 4.98 Å². The summed E-state index contributed by atoms with van der Waals surface area (Å²) in [7, 11) is 0. The van der Waals surface area contributed by atoms with E-state index in [1.54, 1.807) is 0 Å². The molecule has 0 amide bonds. The van der Waals surface area contributed by atoms with E-state index in [4.69, 9.17) is 0 Å². The summed E-state index contributed by atoms with van der Waals surface area (Å²) in [5.74, 6) is 0.957. The third kappa shape index (κ3) is 5.68. The van der Waals surface area contributed by atoms with Gasteiger partial charge in [0.2, 0.25) is 0 Å². The molecule has 0 aliphatic rings. The molecular formula is C14H25N3. The first-order chi connectivity index (χ1) is 7.76. The fraction of sp³-hybridized carbons (Fsp3) is 0.643. The quantitative estimate of drug-likeness (QED) is 0.842. The molecule has 1 heterocycles. The predicted octanol–water partition coefficient (Wildman–Crippen LogP) is 3.10. The van der Waals surface area contributed by atoms with Crippen LogP contribution in [0.3, 0.4) is 0 Å². The molecule has 0 aliphatic carbocycles. The molecule has 0 spiro atoms. The summed E-state index contributed by atoms with van der Waals surface area (Å²) in [6.45, 7) is 13.7. The largest absolute Gasteiger partial charge is 0.365 e. The molecule has 0 atom stereocenters. The van der Waals surface area contributed by atoms with Crippen molar-refractivity contribution in [2.45, 2.75) is 59.7 Å². The van der Waals surface area contributed by atoms with E-state index in [2.05, 4.69) is 62.4 Å². The van der Waals surface area contributed by atoms with Gasteiger partial charge in [-0.05, 0) is 45.4 Å². The molecule has 0 bridgehead atoms. The Bertz CT molecular complexity index is 364. The zero-order chi connectivity index (χ0) is 13.1. The van der Waals surface area contributed by atoms with Gasteiger partial charge in [0, 0.05) is 23.8 Å². The Labute approximate surface area is 105 Å². The summed E-state index contributed by atoms with van der Waals surface area (Å²) < 4.78 is 0. The van der Waals surface area contributed by atoms with Crippen LogP contribution in [0.4, 0.5) is 5.82 Å². The van der Waals surface area contributed by atoms with Crippen molar-refractivity contribution in [1.29, 1.82) is 0 Å². The van der Waals surface area contributed by atoms with Crippen LogP contribution in [0.1, 0.15) is 45.9 Å². The third-order valence-corrected chi connectivity index (χ3v) is 2.23. The average Bonchev–Trinajstić information content (AvgIpc) is 2.10. The van der Waals surface area contributed by atoms with Crippen molar-refractivity contribution >= 4 is 5.82 Å². The van der Waals surface area contributed by atoms with Crippen LogP contribution in [0.25, 0.3) is 0 Å². The molecular weight excluding hydrogens is 210 g/mol. The molecule has 1 aromatic heterocycles. The van der Waals surface area contributed by atoms with E-state index in [0.29, 0.717) is 6.04 Å². The molecule has 3 heteroatoms. The first kappa shape index (κ1) is 14.0. The Balaban J connectivity index is 2.79. The second-order valence-electron chi connectivity index (χ2n) is 5.91. The Morgan fingerprint density at radius 3 is 2.41 bits per heavy atom. The summed E-state index contributed by atoms with van der Waals surface area (Å²) in [6.07, 6.45) is 0. The smallest absolute Gasteiger partial charge is 0.126 e. The number of rotatable bonds is 4. The molecule has 0 saturated heterocycles. The van der Waals surface area contributed by atoms with E-state index in [-0.39, 0.29) is 5.54 Å². The van der Waals surface area contributed by atoms with Gasteiger partial charge in [0.05, 0.1) is 0 Å². The van der Waals surface area contributed by atoms with Crippen LogP contribution in [0, 0.1) is 6.92 Å². The third-order valence-electron chi connectivity index (χ3n) is 2.23. The van der Waals surface area contributed by atoms with Gasteiger partial charge in [-0.3, -0.25) is 0 Å². The molecule has 3 nitrogen and oxygen atoms in total. The highest BCUT2D eigenvalue weighted by atomic mass is 15.0. The number of nitrogens with one attached hydrogen (secondary N) is 2. The van der Waals surface area contributed by atoms with Crippen molar-refractivity contribution in [3.05, 3.63) is 23.4 Å². The van der Waals surface area contributed by atoms with Gasteiger partial charge in [0.15, 0.2) is 0 Å². The molecule has 1 rings (SSSR count). The van der Waals surface area contributed by atoms with Crippen molar-refractivity contribution in [3.8, 4) is 0 Å². The van der Waals surface area contributed by atoms with Gasteiger partial charge in [0.25, 0.3) is 0 Å². The fourth-order valence-electron chi connectivity index (χ4n) is 1.61. The number of aryl methyl sites for hydroxylation is 1.